The fourth-order valence-corrected chi connectivity index (χ4v) is 1.88. The highest BCUT2D eigenvalue weighted by molar-refractivity contribution is 7.98. The lowest BCUT2D eigenvalue weighted by molar-refractivity contribution is 0.749. The van der Waals surface area contributed by atoms with Gasteiger partial charge in [0.25, 0.3) is 0 Å². The molecule has 0 aromatic carbocycles. The highest BCUT2D eigenvalue weighted by Gasteiger charge is 1.95. The minimum atomic E-state index is 0.465. The number of unbranched alkanes of at least 4 members (excludes halogenated alkanes) is 2. The third-order valence-electron chi connectivity index (χ3n) is 2.23. The number of nitriles is 1. The van der Waals surface area contributed by atoms with Crippen LogP contribution in [0.4, 0.5) is 5.69 Å². The summed E-state index contributed by atoms with van der Waals surface area (Å²) >= 11 is 1.90. The number of rotatable bonds is 7. The Balaban J connectivity index is 2.19. The van der Waals surface area contributed by atoms with Crippen LogP contribution in [0.1, 0.15) is 25.0 Å². The number of aromatic nitrogens is 1. The first-order chi connectivity index (χ1) is 7.86. The van der Waals surface area contributed by atoms with Gasteiger partial charge in [-0.25, -0.2) is 4.98 Å². The quantitative estimate of drug-likeness (QED) is 0.738. The van der Waals surface area contributed by atoms with Gasteiger partial charge in [0.05, 0.1) is 0 Å². The molecule has 0 unspecified atom stereocenters. The standard InChI is InChI=1S/C12H17N3S/c1-16-8-4-2-3-6-14-11-5-7-15-12(9-11)10-13/h5,7,9H,2-4,6,8H2,1H3,(H,14,15). The topological polar surface area (TPSA) is 48.7 Å². The second kappa shape index (κ2) is 8.00. The molecule has 4 heteroatoms. The Morgan fingerprint density at radius 3 is 3.06 bits per heavy atom. The van der Waals surface area contributed by atoms with Crippen LogP contribution in [0.25, 0.3) is 0 Å². The number of nitrogens with one attached hydrogen (secondary N) is 1. The third-order valence-corrected chi connectivity index (χ3v) is 2.93. The summed E-state index contributed by atoms with van der Waals surface area (Å²) in [6.45, 7) is 0.962. The van der Waals surface area contributed by atoms with Crippen molar-refractivity contribution in [3.8, 4) is 6.07 Å². The number of thioether (sulfide) groups is 1. The summed E-state index contributed by atoms with van der Waals surface area (Å²) in [4.78, 5) is 3.92. The Labute approximate surface area is 101 Å². The van der Waals surface area contributed by atoms with Crippen LogP contribution in [-0.4, -0.2) is 23.5 Å². The van der Waals surface area contributed by atoms with Gasteiger partial charge in [-0.2, -0.15) is 17.0 Å². The molecule has 86 valence electrons. The SMILES string of the molecule is CSCCCCCNc1ccnc(C#N)c1. The van der Waals surface area contributed by atoms with E-state index >= 15 is 0 Å². The Hall–Kier alpha value is -1.21. The lowest BCUT2D eigenvalue weighted by atomic mass is 10.2. The molecule has 1 heterocycles. The Kier molecular flexibility index (Phi) is 6.43. The van der Waals surface area contributed by atoms with Crippen LogP contribution in [0.15, 0.2) is 18.3 Å². The molecular formula is C12H17N3S. The van der Waals surface area contributed by atoms with Gasteiger partial charge in [-0.15, -0.1) is 0 Å². The molecule has 0 aliphatic heterocycles. The maximum atomic E-state index is 8.69. The second-order valence-electron chi connectivity index (χ2n) is 3.52. The number of anilines is 1. The van der Waals surface area contributed by atoms with Gasteiger partial charge in [0, 0.05) is 18.4 Å². The van der Waals surface area contributed by atoms with Gasteiger partial charge < -0.3 is 5.32 Å². The predicted octanol–water partition coefficient (Wildman–Crippen LogP) is 2.90. The third kappa shape index (κ3) is 5.04. The van der Waals surface area contributed by atoms with E-state index in [0.29, 0.717) is 5.69 Å². The molecule has 0 saturated heterocycles. The molecule has 0 bridgehead atoms. The van der Waals surface area contributed by atoms with Crippen LogP contribution in [-0.2, 0) is 0 Å². The van der Waals surface area contributed by atoms with Gasteiger partial charge in [-0.05, 0) is 37.0 Å². The molecule has 1 aromatic heterocycles. The summed E-state index contributed by atoms with van der Waals surface area (Å²) in [6.07, 6.45) is 7.50. The number of pyridine rings is 1. The monoisotopic (exact) mass is 235 g/mol. The molecule has 1 N–H and O–H groups in total. The minimum Gasteiger partial charge on any atom is -0.385 e. The molecule has 1 aromatic rings. The van der Waals surface area contributed by atoms with E-state index in [4.69, 9.17) is 5.26 Å². The number of hydrogen-bond acceptors (Lipinski definition) is 4. The Bertz CT molecular complexity index is 346. The summed E-state index contributed by atoms with van der Waals surface area (Å²) in [5.41, 5.74) is 1.45. The zero-order chi connectivity index (χ0) is 11.6. The molecule has 0 atom stereocenters. The average molecular weight is 235 g/mol. The molecule has 0 saturated carbocycles. The van der Waals surface area contributed by atoms with Crippen molar-refractivity contribution in [2.45, 2.75) is 19.3 Å². The summed E-state index contributed by atoms with van der Waals surface area (Å²) < 4.78 is 0. The van der Waals surface area contributed by atoms with Gasteiger partial charge in [-0.1, -0.05) is 6.42 Å². The van der Waals surface area contributed by atoms with Crippen molar-refractivity contribution < 1.29 is 0 Å². The Morgan fingerprint density at radius 1 is 1.44 bits per heavy atom. The molecular weight excluding hydrogens is 218 g/mol. The van der Waals surface area contributed by atoms with Crippen LogP contribution < -0.4 is 5.32 Å². The van der Waals surface area contributed by atoms with E-state index in [1.165, 1.54) is 25.0 Å². The van der Waals surface area contributed by atoms with Gasteiger partial charge >= 0.3 is 0 Å². The van der Waals surface area contributed by atoms with Crippen molar-refractivity contribution in [2.75, 3.05) is 23.9 Å². The molecule has 0 aliphatic rings. The summed E-state index contributed by atoms with van der Waals surface area (Å²) in [5, 5.41) is 12.0. The van der Waals surface area contributed by atoms with Crippen molar-refractivity contribution in [3.63, 3.8) is 0 Å². The molecule has 3 nitrogen and oxygen atoms in total. The van der Waals surface area contributed by atoms with Gasteiger partial charge in [0.1, 0.15) is 11.8 Å². The molecule has 1 rings (SSSR count). The molecule has 0 radical (unpaired) electrons. The summed E-state index contributed by atoms with van der Waals surface area (Å²) in [5.74, 6) is 1.24. The van der Waals surface area contributed by atoms with Crippen molar-refractivity contribution in [3.05, 3.63) is 24.0 Å². The molecule has 16 heavy (non-hydrogen) atoms. The van der Waals surface area contributed by atoms with E-state index in [0.717, 1.165) is 12.2 Å². The highest BCUT2D eigenvalue weighted by Crippen LogP contribution is 2.08. The predicted molar refractivity (Wildman–Crippen MR) is 69.7 cm³/mol. The zero-order valence-corrected chi connectivity index (χ0v) is 10.4. The van der Waals surface area contributed by atoms with Crippen molar-refractivity contribution in [1.29, 1.82) is 5.26 Å². The lowest BCUT2D eigenvalue weighted by Gasteiger charge is -2.05. The average Bonchev–Trinajstić information content (AvgIpc) is 2.34. The molecule has 0 spiro atoms. The van der Waals surface area contributed by atoms with E-state index in [1.54, 1.807) is 12.3 Å². The van der Waals surface area contributed by atoms with Crippen LogP contribution in [0, 0.1) is 11.3 Å². The van der Waals surface area contributed by atoms with Gasteiger partial charge in [0.15, 0.2) is 0 Å². The van der Waals surface area contributed by atoms with E-state index in [2.05, 4.69) is 16.6 Å². The van der Waals surface area contributed by atoms with Crippen LogP contribution in [0.3, 0.4) is 0 Å². The normalized spacial score (nSPS) is 9.75. The van der Waals surface area contributed by atoms with E-state index in [1.807, 2.05) is 23.9 Å². The first-order valence-corrected chi connectivity index (χ1v) is 6.85. The van der Waals surface area contributed by atoms with E-state index in [9.17, 15) is 0 Å². The first-order valence-electron chi connectivity index (χ1n) is 5.46. The van der Waals surface area contributed by atoms with Gasteiger partial charge in [0.2, 0.25) is 0 Å². The lowest BCUT2D eigenvalue weighted by Crippen LogP contribution is -2.02. The zero-order valence-electron chi connectivity index (χ0n) is 9.57. The molecule has 0 fully saturated rings. The van der Waals surface area contributed by atoms with E-state index in [-0.39, 0.29) is 0 Å². The smallest absolute Gasteiger partial charge is 0.142 e. The van der Waals surface area contributed by atoms with Crippen molar-refractivity contribution >= 4 is 17.4 Å². The summed E-state index contributed by atoms with van der Waals surface area (Å²) in [7, 11) is 0. The van der Waals surface area contributed by atoms with Crippen LogP contribution in [0.5, 0.6) is 0 Å². The molecule has 0 aliphatic carbocycles. The van der Waals surface area contributed by atoms with Gasteiger partial charge in [-0.3, -0.25) is 0 Å². The number of nitrogens with zero attached hydrogens (tertiary/aromatic N) is 2. The second-order valence-corrected chi connectivity index (χ2v) is 4.51. The molecule has 0 amide bonds. The fraction of sp³-hybridized carbons (Fsp3) is 0.500. The number of hydrogen-bond donors (Lipinski definition) is 1. The highest BCUT2D eigenvalue weighted by atomic mass is 32.2. The first kappa shape index (κ1) is 12.9. The fourth-order valence-electron chi connectivity index (χ4n) is 1.38. The maximum absolute atomic E-state index is 8.69. The van der Waals surface area contributed by atoms with Crippen molar-refractivity contribution in [2.24, 2.45) is 0 Å². The largest absolute Gasteiger partial charge is 0.385 e. The minimum absolute atomic E-state index is 0.465. The maximum Gasteiger partial charge on any atom is 0.142 e. The van der Waals surface area contributed by atoms with E-state index < -0.39 is 0 Å². The Morgan fingerprint density at radius 2 is 2.31 bits per heavy atom. The van der Waals surface area contributed by atoms with Crippen LogP contribution in [0.2, 0.25) is 0 Å². The van der Waals surface area contributed by atoms with Crippen molar-refractivity contribution in [1.82, 2.24) is 4.98 Å². The summed E-state index contributed by atoms with van der Waals surface area (Å²) in [6, 6.07) is 5.70. The van der Waals surface area contributed by atoms with Crippen LogP contribution >= 0.6 is 11.8 Å².